The summed E-state index contributed by atoms with van der Waals surface area (Å²) in [7, 11) is 0. The molecule has 0 saturated carbocycles. The molecule has 0 bridgehead atoms. The van der Waals surface area contributed by atoms with E-state index < -0.39 is 11.6 Å². The maximum absolute atomic E-state index is 13.5. The minimum absolute atomic E-state index is 0.163. The Bertz CT molecular complexity index is 572. The van der Waals surface area contributed by atoms with Gasteiger partial charge in [-0.1, -0.05) is 0 Å². The van der Waals surface area contributed by atoms with E-state index in [0.717, 1.165) is 6.07 Å². The molecule has 2 N–H and O–H groups in total. The van der Waals surface area contributed by atoms with Crippen molar-refractivity contribution in [2.75, 3.05) is 10.6 Å². The van der Waals surface area contributed by atoms with Crippen LogP contribution in [-0.4, -0.2) is 16.0 Å². The molecule has 4 nitrogen and oxygen atoms in total. The number of hydrogen-bond acceptors (Lipinski definition) is 4. The highest BCUT2D eigenvalue weighted by atomic mass is 19.1. The average Bonchev–Trinajstić information content (AvgIpc) is 2.32. The largest absolute Gasteiger partial charge is 0.368 e. The fourth-order valence-electron chi connectivity index (χ4n) is 1.53. The quantitative estimate of drug-likeness (QED) is 0.889. The van der Waals surface area contributed by atoms with Crippen LogP contribution in [0.3, 0.4) is 0 Å². The summed E-state index contributed by atoms with van der Waals surface area (Å²) >= 11 is 0. The van der Waals surface area contributed by atoms with E-state index in [1.165, 1.54) is 18.5 Å². The number of halogens is 2. The molecule has 0 fully saturated rings. The number of nitrogens with one attached hydrogen (secondary N) is 2. The van der Waals surface area contributed by atoms with Gasteiger partial charge in [0.05, 0.1) is 5.69 Å². The molecule has 2 aromatic rings. The van der Waals surface area contributed by atoms with Gasteiger partial charge < -0.3 is 10.6 Å². The molecule has 0 saturated heterocycles. The summed E-state index contributed by atoms with van der Waals surface area (Å²) in [6.45, 7) is 3.96. The summed E-state index contributed by atoms with van der Waals surface area (Å²) in [4.78, 5) is 8.02. The summed E-state index contributed by atoms with van der Waals surface area (Å²) in [5.41, 5.74) is 0.163. The lowest BCUT2D eigenvalue weighted by Crippen LogP contribution is -2.11. The van der Waals surface area contributed by atoms with Gasteiger partial charge in [-0.15, -0.1) is 0 Å². The van der Waals surface area contributed by atoms with Crippen molar-refractivity contribution in [2.24, 2.45) is 0 Å². The fourth-order valence-corrected chi connectivity index (χ4v) is 1.53. The van der Waals surface area contributed by atoms with Gasteiger partial charge in [0.1, 0.15) is 29.6 Å². The molecule has 0 aliphatic heterocycles. The lowest BCUT2D eigenvalue weighted by Gasteiger charge is -2.11. The Labute approximate surface area is 109 Å². The first-order chi connectivity index (χ1) is 9.04. The lowest BCUT2D eigenvalue weighted by molar-refractivity contribution is 0.586. The van der Waals surface area contributed by atoms with E-state index in [9.17, 15) is 8.78 Å². The van der Waals surface area contributed by atoms with Gasteiger partial charge in [-0.3, -0.25) is 0 Å². The SMILES string of the molecule is CC(C)Nc1cc(Nc2ccc(F)cc2F)ncn1. The zero-order valence-electron chi connectivity index (χ0n) is 10.6. The molecule has 0 radical (unpaired) electrons. The van der Waals surface area contributed by atoms with Crippen LogP contribution in [0.2, 0.25) is 0 Å². The molecule has 100 valence electrons. The van der Waals surface area contributed by atoms with Crippen LogP contribution >= 0.6 is 0 Å². The Kier molecular flexibility index (Phi) is 3.89. The lowest BCUT2D eigenvalue weighted by atomic mass is 10.3. The third-order valence-corrected chi connectivity index (χ3v) is 2.30. The second kappa shape index (κ2) is 5.60. The van der Waals surface area contributed by atoms with Crippen LogP contribution < -0.4 is 10.6 Å². The highest BCUT2D eigenvalue weighted by Crippen LogP contribution is 2.20. The summed E-state index contributed by atoms with van der Waals surface area (Å²) < 4.78 is 26.3. The zero-order chi connectivity index (χ0) is 13.8. The number of hydrogen-bond donors (Lipinski definition) is 2. The molecule has 1 aromatic carbocycles. The van der Waals surface area contributed by atoms with Crippen LogP contribution in [0.1, 0.15) is 13.8 Å². The van der Waals surface area contributed by atoms with Crippen molar-refractivity contribution >= 4 is 17.3 Å². The highest BCUT2D eigenvalue weighted by Gasteiger charge is 2.06. The fraction of sp³-hybridized carbons (Fsp3) is 0.231. The van der Waals surface area contributed by atoms with Crippen LogP contribution in [0, 0.1) is 11.6 Å². The standard InChI is InChI=1S/C13H14F2N4/c1-8(2)18-12-6-13(17-7-16-12)19-11-4-3-9(14)5-10(11)15/h3-8H,1-2H3,(H2,16,17,18,19). The normalized spacial score (nSPS) is 10.6. The molecule has 0 aliphatic rings. The number of anilines is 3. The summed E-state index contributed by atoms with van der Waals surface area (Å²) in [6, 6.07) is 5.20. The first kappa shape index (κ1) is 13.2. The van der Waals surface area contributed by atoms with Crippen molar-refractivity contribution in [1.82, 2.24) is 9.97 Å². The van der Waals surface area contributed by atoms with Crippen LogP contribution in [0.25, 0.3) is 0 Å². The van der Waals surface area contributed by atoms with Gasteiger partial charge in [-0.2, -0.15) is 0 Å². The van der Waals surface area contributed by atoms with Crippen molar-refractivity contribution in [3.8, 4) is 0 Å². The molecule has 2 rings (SSSR count). The first-order valence-corrected chi connectivity index (χ1v) is 5.85. The van der Waals surface area contributed by atoms with Crippen LogP contribution in [0.4, 0.5) is 26.1 Å². The van der Waals surface area contributed by atoms with Gasteiger partial charge in [-0.25, -0.2) is 18.7 Å². The van der Waals surface area contributed by atoms with Crippen molar-refractivity contribution in [3.05, 3.63) is 42.2 Å². The number of nitrogens with zero attached hydrogens (tertiary/aromatic N) is 2. The Balaban J connectivity index is 2.18. The Hall–Kier alpha value is -2.24. The summed E-state index contributed by atoms with van der Waals surface area (Å²) in [6.07, 6.45) is 1.37. The minimum Gasteiger partial charge on any atom is -0.368 e. The molecule has 0 amide bonds. The monoisotopic (exact) mass is 264 g/mol. The van der Waals surface area contributed by atoms with Crippen LogP contribution in [0.15, 0.2) is 30.6 Å². The molecule has 6 heteroatoms. The maximum atomic E-state index is 13.5. The van der Waals surface area contributed by atoms with Gasteiger partial charge in [0.2, 0.25) is 0 Å². The zero-order valence-corrected chi connectivity index (χ0v) is 10.6. The molecule has 0 atom stereocenters. The third-order valence-electron chi connectivity index (χ3n) is 2.30. The van der Waals surface area contributed by atoms with E-state index in [2.05, 4.69) is 20.6 Å². The highest BCUT2D eigenvalue weighted by molar-refractivity contribution is 5.59. The van der Waals surface area contributed by atoms with Crippen molar-refractivity contribution in [3.63, 3.8) is 0 Å². The van der Waals surface area contributed by atoms with E-state index >= 15 is 0 Å². The predicted octanol–water partition coefficient (Wildman–Crippen LogP) is 3.32. The summed E-state index contributed by atoms with van der Waals surface area (Å²) in [5.74, 6) is -0.219. The number of aromatic nitrogens is 2. The molecule has 0 unspecified atom stereocenters. The second-order valence-corrected chi connectivity index (χ2v) is 4.34. The van der Waals surface area contributed by atoms with Gasteiger partial charge in [0.15, 0.2) is 0 Å². The van der Waals surface area contributed by atoms with Crippen molar-refractivity contribution in [1.29, 1.82) is 0 Å². The van der Waals surface area contributed by atoms with Gasteiger partial charge in [0.25, 0.3) is 0 Å². The second-order valence-electron chi connectivity index (χ2n) is 4.34. The molecule has 1 aromatic heterocycles. The van der Waals surface area contributed by atoms with Crippen molar-refractivity contribution < 1.29 is 8.78 Å². The van der Waals surface area contributed by atoms with E-state index in [0.29, 0.717) is 11.6 Å². The minimum atomic E-state index is -0.669. The van der Waals surface area contributed by atoms with E-state index in [-0.39, 0.29) is 11.7 Å². The number of rotatable bonds is 4. The van der Waals surface area contributed by atoms with E-state index in [4.69, 9.17) is 0 Å². The van der Waals surface area contributed by atoms with Crippen molar-refractivity contribution in [2.45, 2.75) is 19.9 Å². The topological polar surface area (TPSA) is 49.8 Å². The predicted molar refractivity (Wildman–Crippen MR) is 70.4 cm³/mol. The van der Waals surface area contributed by atoms with E-state index in [1.54, 1.807) is 6.07 Å². The summed E-state index contributed by atoms with van der Waals surface area (Å²) in [5, 5.41) is 5.89. The van der Waals surface area contributed by atoms with Crippen LogP contribution in [-0.2, 0) is 0 Å². The van der Waals surface area contributed by atoms with E-state index in [1.807, 2.05) is 13.8 Å². The molecular formula is C13H14F2N4. The number of benzene rings is 1. The first-order valence-electron chi connectivity index (χ1n) is 5.85. The van der Waals surface area contributed by atoms with Gasteiger partial charge >= 0.3 is 0 Å². The molecule has 0 aliphatic carbocycles. The maximum Gasteiger partial charge on any atom is 0.149 e. The Morgan fingerprint density at radius 2 is 1.79 bits per heavy atom. The third kappa shape index (κ3) is 3.61. The Morgan fingerprint density at radius 3 is 2.47 bits per heavy atom. The average molecular weight is 264 g/mol. The van der Waals surface area contributed by atoms with Crippen LogP contribution in [0.5, 0.6) is 0 Å². The smallest absolute Gasteiger partial charge is 0.149 e. The van der Waals surface area contributed by atoms with Gasteiger partial charge in [0, 0.05) is 18.2 Å². The molecular weight excluding hydrogens is 250 g/mol. The molecule has 0 spiro atoms. The molecule has 1 heterocycles. The Morgan fingerprint density at radius 1 is 1.05 bits per heavy atom. The van der Waals surface area contributed by atoms with Gasteiger partial charge in [-0.05, 0) is 26.0 Å². The molecule has 19 heavy (non-hydrogen) atoms.